The maximum atomic E-state index is 12.8. The number of anilines is 1. The molecule has 2 saturated carbocycles. The molecular weight excluding hydrogens is 490 g/mol. The Morgan fingerprint density at radius 1 is 1.27 bits per heavy atom. The Kier molecular flexibility index (Phi) is 5.72. The van der Waals surface area contributed by atoms with Crippen LogP contribution in [-0.2, 0) is 4.79 Å². The molecule has 0 unspecified atom stereocenters. The van der Waals surface area contributed by atoms with Crippen LogP contribution in [0.2, 0.25) is 5.02 Å². The highest BCUT2D eigenvalue weighted by Crippen LogP contribution is 2.47. The number of benzene rings is 1. The molecule has 0 spiro atoms. The quantitative estimate of drug-likeness (QED) is 0.534. The first-order chi connectivity index (χ1) is 17.8. The SMILES string of the molecule is Cc1cc([C@H](C)n2cc(C(=O)N[C@H]3C[C@@H](c4cc(Cl)ccc4C#N)C3)nn2)cnc1N1C[C@H]2C[C@H]2C1=O. The number of rotatable bonds is 6. The zero-order valence-electron chi connectivity index (χ0n) is 20.6. The van der Waals surface area contributed by atoms with E-state index in [9.17, 15) is 14.9 Å². The molecule has 188 valence electrons. The van der Waals surface area contributed by atoms with Crippen molar-refractivity contribution in [3.8, 4) is 6.07 Å². The predicted octanol–water partition coefficient (Wildman–Crippen LogP) is 3.77. The summed E-state index contributed by atoms with van der Waals surface area (Å²) in [6.07, 6.45) is 5.90. The lowest BCUT2D eigenvalue weighted by molar-refractivity contribution is -0.118. The van der Waals surface area contributed by atoms with Gasteiger partial charge in [0.1, 0.15) is 5.82 Å². The second kappa shape index (κ2) is 8.96. The van der Waals surface area contributed by atoms with Crippen LogP contribution in [0.5, 0.6) is 0 Å². The molecule has 1 aliphatic heterocycles. The number of halogens is 1. The summed E-state index contributed by atoms with van der Waals surface area (Å²) >= 11 is 6.11. The second-order valence-corrected chi connectivity index (χ2v) is 10.8. The van der Waals surface area contributed by atoms with Gasteiger partial charge in [-0.25, -0.2) is 9.67 Å². The third-order valence-corrected chi connectivity index (χ3v) is 8.15. The first-order valence-electron chi connectivity index (χ1n) is 12.5. The molecule has 0 radical (unpaired) electrons. The number of aromatic nitrogens is 4. The van der Waals surface area contributed by atoms with Crippen LogP contribution in [0, 0.1) is 30.1 Å². The molecule has 3 aromatic rings. The standard InChI is InChI=1S/C27H26ClN7O2/c1-14-5-18(11-30-25(14)34-12-19-8-23(19)27(34)37)15(2)35-13-24(32-33-35)26(36)31-21-6-17(7-21)22-9-20(28)4-3-16(22)10-29/h3-5,9,11,13,15,17,19,21,23H,6-8,12H2,1-2H3,(H,31,36)/t15-,17-,19+,21+,23+/m0/s1. The molecule has 3 heterocycles. The number of hydrogen-bond acceptors (Lipinski definition) is 6. The number of fused-ring (bicyclic) bond motifs is 1. The van der Waals surface area contributed by atoms with E-state index in [1.165, 1.54) is 0 Å². The first-order valence-corrected chi connectivity index (χ1v) is 12.9. The number of nitrogens with one attached hydrogen (secondary N) is 1. The third kappa shape index (κ3) is 4.25. The summed E-state index contributed by atoms with van der Waals surface area (Å²) in [4.78, 5) is 31.6. The highest BCUT2D eigenvalue weighted by Gasteiger charge is 2.53. The van der Waals surface area contributed by atoms with E-state index in [2.05, 4.69) is 26.7 Å². The van der Waals surface area contributed by atoms with E-state index in [-0.39, 0.29) is 41.4 Å². The summed E-state index contributed by atoms with van der Waals surface area (Å²) in [7, 11) is 0. The molecule has 3 aliphatic rings. The number of aryl methyl sites for hydroxylation is 1. The molecule has 2 aliphatic carbocycles. The third-order valence-electron chi connectivity index (χ3n) is 7.92. The Morgan fingerprint density at radius 3 is 2.78 bits per heavy atom. The molecule has 3 fully saturated rings. The molecule has 1 aromatic carbocycles. The molecule has 1 N–H and O–H groups in total. The van der Waals surface area contributed by atoms with Crippen LogP contribution in [0.25, 0.3) is 0 Å². The summed E-state index contributed by atoms with van der Waals surface area (Å²) in [6.45, 7) is 4.69. The molecular formula is C27H26ClN7O2. The van der Waals surface area contributed by atoms with Gasteiger partial charge in [-0.1, -0.05) is 16.8 Å². The van der Waals surface area contributed by atoms with Gasteiger partial charge in [-0.05, 0) is 85.9 Å². The maximum absolute atomic E-state index is 12.8. The van der Waals surface area contributed by atoms with E-state index in [0.29, 0.717) is 16.5 Å². The Balaban J connectivity index is 1.08. The summed E-state index contributed by atoms with van der Waals surface area (Å²) in [6, 6.07) is 9.35. The van der Waals surface area contributed by atoms with E-state index in [0.717, 1.165) is 48.3 Å². The smallest absolute Gasteiger partial charge is 0.273 e. The van der Waals surface area contributed by atoms with Gasteiger partial charge in [0, 0.05) is 29.7 Å². The van der Waals surface area contributed by atoms with Crippen LogP contribution >= 0.6 is 11.6 Å². The van der Waals surface area contributed by atoms with Crippen LogP contribution in [0.1, 0.15) is 70.9 Å². The molecule has 9 nitrogen and oxygen atoms in total. The number of amides is 2. The van der Waals surface area contributed by atoms with Gasteiger partial charge in [-0.2, -0.15) is 5.26 Å². The van der Waals surface area contributed by atoms with Crippen LogP contribution < -0.4 is 10.2 Å². The Bertz CT molecular complexity index is 1460. The molecule has 0 bridgehead atoms. The van der Waals surface area contributed by atoms with Gasteiger partial charge < -0.3 is 5.32 Å². The minimum Gasteiger partial charge on any atom is -0.348 e. The molecule has 37 heavy (non-hydrogen) atoms. The highest BCUT2D eigenvalue weighted by molar-refractivity contribution is 6.30. The van der Waals surface area contributed by atoms with Gasteiger partial charge in [0.15, 0.2) is 5.69 Å². The fourth-order valence-corrected chi connectivity index (χ4v) is 5.69. The molecule has 1 saturated heterocycles. The minimum absolute atomic E-state index is 0.00401. The number of nitriles is 1. The van der Waals surface area contributed by atoms with Crippen molar-refractivity contribution in [2.45, 2.75) is 51.1 Å². The number of pyridine rings is 1. The van der Waals surface area contributed by atoms with Gasteiger partial charge in [0.2, 0.25) is 5.91 Å². The van der Waals surface area contributed by atoms with Crippen molar-refractivity contribution >= 4 is 29.2 Å². The lowest BCUT2D eigenvalue weighted by atomic mass is 9.74. The van der Waals surface area contributed by atoms with Crippen molar-refractivity contribution in [1.29, 1.82) is 5.26 Å². The number of carbonyl (C=O) groups is 2. The first kappa shape index (κ1) is 23.6. The van der Waals surface area contributed by atoms with E-state index in [1.807, 2.05) is 26.0 Å². The second-order valence-electron chi connectivity index (χ2n) is 10.4. The molecule has 2 aromatic heterocycles. The van der Waals surface area contributed by atoms with Crippen LogP contribution in [0.4, 0.5) is 5.82 Å². The Morgan fingerprint density at radius 2 is 2.08 bits per heavy atom. The normalized spacial score (nSPS) is 24.7. The predicted molar refractivity (Wildman–Crippen MR) is 136 cm³/mol. The van der Waals surface area contributed by atoms with E-state index < -0.39 is 0 Å². The Labute approximate surface area is 219 Å². The van der Waals surface area contributed by atoms with Crippen molar-refractivity contribution in [1.82, 2.24) is 25.3 Å². The number of hydrogen-bond donors (Lipinski definition) is 1. The molecule has 2 amide bonds. The van der Waals surface area contributed by atoms with Crippen LogP contribution in [-0.4, -0.2) is 44.4 Å². The van der Waals surface area contributed by atoms with Crippen molar-refractivity contribution in [3.05, 3.63) is 69.6 Å². The monoisotopic (exact) mass is 515 g/mol. The fraction of sp³-hybridized carbons (Fsp3) is 0.407. The van der Waals surface area contributed by atoms with Crippen LogP contribution in [0.15, 0.2) is 36.7 Å². The zero-order valence-corrected chi connectivity index (χ0v) is 21.3. The summed E-state index contributed by atoms with van der Waals surface area (Å²) < 4.78 is 1.65. The number of carbonyl (C=O) groups excluding carboxylic acids is 2. The van der Waals surface area contributed by atoms with Crippen molar-refractivity contribution in [3.63, 3.8) is 0 Å². The van der Waals surface area contributed by atoms with Crippen molar-refractivity contribution < 1.29 is 9.59 Å². The van der Waals surface area contributed by atoms with Gasteiger partial charge in [-0.3, -0.25) is 14.5 Å². The fourth-order valence-electron chi connectivity index (χ4n) is 5.51. The van der Waals surface area contributed by atoms with Crippen LogP contribution in [0.3, 0.4) is 0 Å². The lowest BCUT2D eigenvalue weighted by Crippen LogP contribution is -2.43. The molecule has 6 rings (SSSR count). The topological polar surface area (TPSA) is 117 Å². The number of nitrogens with zero attached hydrogens (tertiary/aromatic N) is 6. The van der Waals surface area contributed by atoms with Gasteiger partial charge >= 0.3 is 0 Å². The molecule has 10 heteroatoms. The summed E-state index contributed by atoms with van der Waals surface area (Å²) in [5.41, 5.74) is 3.67. The number of piperidine rings is 1. The summed E-state index contributed by atoms with van der Waals surface area (Å²) in [5.74, 6) is 1.51. The van der Waals surface area contributed by atoms with Gasteiger partial charge in [0.05, 0.1) is 23.9 Å². The van der Waals surface area contributed by atoms with Crippen molar-refractivity contribution in [2.75, 3.05) is 11.4 Å². The van der Waals surface area contributed by atoms with E-state index >= 15 is 0 Å². The van der Waals surface area contributed by atoms with E-state index in [4.69, 9.17) is 11.6 Å². The average Bonchev–Trinajstić information content (AvgIpc) is 3.32. The lowest BCUT2D eigenvalue weighted by Gasteiger charge is -2.36. The maximum Gasteiger partial charge on any atom is 0.273 e. The van der Waals surface area contributed by atoms with E-state index in [1.54, 1.807) is 34.1 Å². The molecule has 3 atom stereocenters. The van der Waals surface area contributed by atoms with Gasteiger partial charge in [0.25, 0.3) is 5.91 Å². The van der Waals surface area contributed by atoms with Gasteiger partial charge in [-0.15, -0.1) is 5.10 Å². The summed E-state index contributed by atoms with van der Waals surface area (Å²) in [5, 5.41) is 21.3. The highest BCUT2D eigenvalue weighted by atomic mass is 35.5. The van der Waals surface area contributed by atoms with Crippen molar-refractivity contribution in [2.24, 2.45) is 11.8 Å². The largest absolute Gasteiger partial charge is 0.348 e. The zero-order chi connectivity index (χ0) is 25.8. The average molecular weight is 516 g/mol. The Hall–Kier alpha value is -3.77. The minimum atomic E-state index is -0.274.